The monoisotopic (exact) mass is 448 g/mol. The van der Waals surface area contributed by atoms with Crippen molar-refractivity contribution in [1.82, 2.24) is 9.78 Å². The first-order valence-corrected chi connectivity index (χ1v) is 11.8. The third kappa shape index (κ3) is 3.40. The van der Waals surface area contributed by atoms with Gasteiger partial charge in [0, 0.05) is 18.1 Å². The average molecular weight is 449 g/mol. The van der Waals surface area contributed by atoms with Crippen molar-refractivity contribution in [2.75, 3.05) is 12.9 Å². The molecule has 30 heavy (non-hydrogen) atoms. The third-order valence-corrected chi connectivity index (χ3v) is 7.43. The van der Waals surface area contributed by atoms with Gasteiger partial charge in [-0.15, -0.1) is 0 Å². The Morgan fingerprint density at radius 1 is 1.37 bits per heavy atom. The number of thiophene rings is 1. The number of carbonyl (C=O) groups is 1. The first-order chi connectivity index (χ1) is 14.2. The topological polar surface area (TPSA) is 108 Å². The molecule has 0 saturated heterocycles. The van der Waals surface area contributed by atoms with Crippen LogP contribution in [0.15, 0.2) is 39.9 Å². The molecule has 158 valence electrons. The smallest absolute Gasteiger partial charge is 0.356 e. The highest BCUT2D eigenvalue weighted by Crippen LogP contribution is 2.46. The fourth-order valence-electron chi connectivity index (χ4n) is 3.50. The maximum Gasteiger partial charge on any atom is 0.356 e. The molecule has 2 aromatic heterocycles. The van der Waals surface area contributed by atoms with Crippen molar-refractivity contribution in [2.45, 2.75) is 25.0 Å². The molecule has 1 N–H and O–H groups in total. The Balaban J connectivity index is 2.00. The zero-order valence-corrected chi connectivity index (χ0v) is 18.2. The minimum absolute atomic E-state index is 0.00433. The van der Waals surface area contributed by atoms with Gasteiger partial charge in [-0.3, -0.25) is 0 Å². The van der Waals surface area contributed by atoms with Crippen LogP contribution in [-0.4, -0.2) is 42.1 Å². The highest BCUT2D eigenvalue weighted by molar-refractivity contribution is 7.91. The number of hydrogen-bond acceptors (Lipinski definition) is 7. The minimum atomic E-state index is -3.52. The fourth-order valence-corrected chi connectivity index (χ4v) is 5.76. The number of carboxylic acid groups (broad SMARTS) is 1. The SMILES string of the molecule is COC1Oc2ccc(S(=O)(=O)CC(C)C)cc2-c2c1c(C(=O)O)nn2-c1ccsc1. The molecule has 0 amide bonds. The number of aromatic nitrogens is 2. The van der Waals surface area contributed by atoms with Crippen LogP contribution in [0.2, 0.25) is 0 Å². The molecule has 0 saturated carbocycles. The summed E-state index contributed by atoms with van der Waals surface area (Å²) < 4.78 is 38.4. The molecule has 0 aliphatic carbocycles. The summed E-state index contributed by atoms with van der Waals surface area (Å²) in [5, 5.41) is 17.7. The van der Waals surface area contributed by atoms with E-state index >= 15 is 0 Å². The second kappa shape index (κ2) is 7.53. The third-order valence-electron chi connectivity index (χ3n) is 4.68. The van der Waals surface area contributed by atoms with Gasteiger partial charge in [-0.2, -0.15) is 16.4 Å². The van der Waals surface area contributed by atoms with Crippen molar-refractivity contribution in [3.05, 3.63) is 46.3 Å². The van der Waals surface area contributed by atoms with E-state index in [9.17, 15) is 18.3 Å². The van der Waals surface area contributed by atoms with Crippen LogP contribution < -0.4 is 4.74 Å². The Kier molecular flexibility index (Phi) is 5.16. The second-order valence-electron chi connectivity index (χ2n) is 7.33. The number of carboxylic acids is 1. The molecule has 3 aromatic rings. The summed E-state index contributed by atoms with van der Waals surface area (Å²) >= 11 is 1.44. The lowest BCUT2D eigenvalue weighted by molar-refractivity contribution is -0.0584. The fraction of sp³-hybridized carbons (Fsp3) is 0.300. The molecule has 1 atom stereocenters. The van der Waals surface area contributed by atoms with Gasteiger partial charge in [0.1, 0.15) is 5.75 Å². The standard InChI is InChI=1S/C20H20N2O6S2/c1-11(2)10-30(25,26)13-4-5-15-14(8-13)18-16(20(27-3)28-15)17(19(23)24)21-22(18)12-6-7-29-9-12/h4-9,11,20H,10H2,1-3H3,(H,23,24). The molecule has 1 aliphatic heterocycles. The van der Waals surface area contributed by atoms with Crippen LogP contribution >= 0.6 is 11.3 Å². The van der Waals surface area contributed by atoms with E-state index in [0.29, 0.717) is 22.7 Å². The van der Waals surface area contributed by atoms with Crippen molar-refractivity contribution < 1.29 is 27.8 Å². The number of fused-ring (bicyclic) bond motifs is 3. The number of nitrogens with zero attached hydrogens (tertiary/aromatic N) is 2. The van der Waals surface area contributed by atoms with E-state index in [-0.39, 0.29) is 27.8 Å². The molecule has 0 bridgehead atoms. The van der Waals surface area contributed by atoms with Gasteiger partial charge >= 0.3 is 5.97 Å². The number of rotatable bonds is 6. The van der Waals surface area contributed by atoms with Crippen molar-refractivity contribution in [1.29, 1.82) is 0 Å². The molecule has 1 aliphatic rings. The van der Waals surface area contributed by atoms with E-state index in [1.807, 2.05) is 24.6 Å². The zero-order chi connectivity index (χ0) is 21.6. The van der Waals surface area contributed by atoms with E-state index in [1.54, 1.807) is 12.1 Å². The number of benzene rings is 1. The molecular formula is C20H20N2O6S2. The first kappa shape index (κ1) is 20.6. The van der Waals surface area contributed by atoms with E-state index in [0.717, 1.165) is 0 Å². The first-order valence-electron chi connectivity index (χ1n) is 9.18. The van der Waals surface area contributed by atoms with Crippen LogP contribution in [0.3, 0.4) is 0 Å². The van der Waals surface area contributed by atoms with Crippen LogP contribution in [0.4, 0.5) is 0 Å². The quantitative estimate of drug-likeness (QED) is 0.612. The van der Waals surface area contributed by atoms with Gasteiger partial charge < -0.3 is 14.6 Å². The summed E-state index contributed by atoms with van der Waals surface area (Å²) in [6.45, 7) is 3.68. The summed E-state index contributed by atoms with van der Waals surface area (Å²) in [7, 11) is -2.11. The van der Waals surface area contributed by atoms with Crippen molar-refractivity contribution in [2.24, 2.45) is 5.92 Å². The lowest BCUT2D eigenvalue weighted by Gasteiger charge is -2.26. The van der Waals surface area contributed by atoms with Crippen LogP contribution in [0.1, 0.15) is 36.2 Å². The summed E-state index contributed by atoms with van der Waals surface area (Å²) in [4.78, 5) is 12.0. The summed E-state index contributed by atoms with van der Waals surface area (Å²) in [5.41, 5.74) is 1.61. The normalized spacial score (nSPS) is 15.5. The predicted octanol–water partition coefficient (Wildman–Crippen LogP) is 3.77. The predicted molar refractivity (Wildman–Crippen MR) is 111 cm³/mol. The number of ether oxygens (including phenoxy) is 2. The Bertz CT molecular complexity index is 1210. The largest absolute Gasteiger partial charge is 0.476 e. The number of sulfone groups is 1. The van der Waals surface area contributed by atoms with Gasteiger partial charge in [0.25, 0.3) is 0 Å². The highest BCUT2D eigenvalue weighted by Gasteiger charge is 2.37. The van der Waals surface area contributed by atoms with Gasteiger partial charge in [-0.05, 0) is 35.6 Å². The second-order valence-corrected chi connectivity index (χ2v) is 10.1. The van der Waals surface area contributed by atoms with Gasteiger partial charge in [-0.25, -0.2) is 17.9 Å². The molecule has 1 aromatic carbocycles. The molecule has 8 nitrogen and oxygen atoms in total. The van der Waals surface area contributed by atoms with E-state index in [4.69, 9.17) is 9.47 Å². The Labute approximate surface area is 177 Å². The van der Waals surface area contributed by atoms with Crippen molar-refractivity contribution in [3.63, 3.8) is 0 Å². The van der Waals surface area contributed by atoms with E-state index in [1.165, 1.54) is 35.3 Å². The summed E-state index contributed by atoms with van der Waals surface area (Å²) in [5.74, 6) is -0.862. The molecule has 0 fully saturated rings. The summed E-state index contributed by atoms with van der Waals surface area (Å²) in [6.07, 6.45) is -0.982. The molecule has 1 unspecified atom stereocenters. The molecule has 0 spiro atoms. The summed E-state index contributed by atoms with van der Waals surface area (Å²) in [6, 6.07) is 6.40. The lowest BCUT2D eigenvalue weighted by Crippen LogP contribution is -2.19. The zero-order valence-electron chi connectivity index (χ0n) is 16.5. The number of methoxy groups -OCH3 is 1. The van der Waals surface area contributed by atoms with Gasteiger partial charge in [-0.1, -0.05) is 13.8 Å². The Hall–Kier alpha value is -2.69. The lowest BCUT2D eigenvalue weighted by atomic mass is 10.0. The average Bonchev–Trinajstić information content (AvgIpc) is 3.33. The van der Waals surface area contributed by atoms with Crippen LogP contribution in [0, 0.1) is 5.92 Å². The molecule has 0 radical (unpaired) electrons. The van der Waals surface area contributed by atoms with E-state index < -0.39 is 22.1 Å². The highest BCUT2D eigenvalue weighted by atomic mass is 32.2. The van der Waals surface area contributed by atoms with Crippen molar-refractivity contribution in [3.8, 4) is 22.7 Å². The number of hydrogen-bond donors (Lipinski definition) is 1. The van der Waals surface area contributed by atoms with Crippen LogP contribution in [-0.2, 0) is 14.6 Å². The number of aromatic carboxylic acids is 1. The van der Waals surface area contributed by atoms with Gasteiger partial charge in [0.15, 0.2) is 15.5 Å². The van der Waals surface area contributed by atoms with E-state index in [2.05, 4.69) is 5.10 Å². The van der Waals surface area contributed by atoms with Crippen molar-refractivity contribution >= 4 is 27.1 Å². The van der Waals surface area contributed by atoms with Gasteiger partial charge in [0.2, 0.25) is 6.29 Å². The molecule has 4 rings (SSSR count). The molecule has 10 heteroatoms. The molecule has 3 heterocycles. The van der Waals surface area contributed by atoms with Gasteiger partial charge in [0.05, 0.1) is 27.6 Å². The minimum Gasteiger partial charge on any atom is -0.476 e. The Morgan fingerprint density at radius 2 is 2.13 bits per heavy atom. The van der Waals surface area contributed by atoms with Crippen LogP contribution in [0.5, 0.6) is 5.75 Å². The maximum absolute atomic E-state index is 12.8. The maximum atomic E-state index is 12.8. The Morgan fingerprint density at radius 3 is 2.73 bits per heavy atom. The van der Waals surface area contributed by atoms with Crippen LogP contribution in [0.25, 0.3) is 16.9 Å². The molecular weight excluding hydrogens is 428 g/mol.